The van der Waals surface area contributed by atoms with Crippen LogP contribution in [0.1, 0.15) is 27.0 Å². The number of benzene rings is 2. The molecule has 138 valence electrons. The summed E-state index contributed by atoms with van der Waals surface area (Å²) in [7, 11) is 0. The van der Waals surface area contributed by atoms with Gasteiger partial charge in [0.1, 0.15) is 0 Å². The van der Waals surface area contributed by atoms with E-state index in [-0.39, 0.29) is 5.91 Å². The van der Waals surface area contributed by atoms with Gasteiger partial charge in [-0.3, -0.25) is 9.78 Å². The molecule has 0 saturated carbocycles. The zero-order chi connectivity index (χ0) is 19.1. The highest BCUT2D eigenvalue weighted by Crippen LogP contribution is 2.12. The standard InChI is InChI=1S/C22H22ClN3O/c1-16-2-4-18(5-3-16)13-26-21-12-19(14-24-15-21)22(27)25-11-10-17-6-8-20(23)9-7-17/h2-9,12,14-15,26H,10-11,13H2,1H3,(H,25,27). The van der Waals surface area contributed by atoms with Crippen molar-refractivity contribution < 1.29 is 4.79 Å². The highest BCUT2D eigenvalue weighted by Gasteiger charge is 2.07. The Morgan fingerprint density at radius 2 is 1.70 bits per heavy atom. The molecule has 0 aliphatic rings. The van der Waals surface area contributed by atoms with Crippen molar-refractivity contribution in [1.82, 2.24) is 10.3 Å². The first-order valence-electron chi connectivity index (χ1n) is 8.87. The predicted octanol–water partition coefficient (Wildman–Crippen LogP) is 4.63. The Morgan fingerprint density at radius 1 is 1.00 bits per heavy atom. The largest absolute Gasteiger partial charge is 0.380 e. The van der Waals surface area contributed by atoms with E-state index in [1.54, 1.807) is 12.4 Å². The second-order valence-corrected chi connectivity index (χ2v) is 6.87. The maximum atomic E-state index is 12.4. The molecule has 2 N–H and O–H groups in total. The summed E-state index contributed by atoms with van der Waals surface area (Å²) >= 11 is 5.88. The summed E-state index contributed by atoms with van der Waals surface area (Å²) in [6, 6.07) is 17.8. The monoisotopic (exact) mass is 379 g/mol. The minimum atomic E-state index is -0.129. The number of amides is 1. The fourth-order valence-corrected chi connectivity index (χ4v) is 2.77. The Bertz CT molecular complexity index is 892. The summed E-state index contributed by atoms with van der Waals surface area (Å²) in [5.74, 6) is -0.129. The maximum Gasteiger partial charge on any atom is 0.252 e. The molecular weight excluding hydrogens is 358 g/mol. The van der Waals surface area contributed by atoms with E-state index in [1.165, 1.54) is 11.1 Å². The molecule has 0 unspecified atom stereocenters. The van der Waals surface area contributed by atoms with E-state index in [2.05, 4.69) is 46.8 Å². The SMILES string of the molecule is Cc1ccc(CNc2cncc(C(=O)NCCc3ccc(Cl)cc3)c2)cc1. The van der Waals surface area contributed by atoms with Gasteiger partial charge in [-0.05, 0) is 42.7 Å². The fraction of sp³-hybridized carbons (Fsp3) is 0.182. The fourth-order valence-electron chi connectivity index (χ4n) is 2.64. The lowest BCUT2D eigenvalue weighted by Crippen LogP contribution is -2.25. The van der Waals surface area contributed by atoms with Crippen LogP contribution in [0.25, 0.3) is 0 Å². The van der Waals surface area contributed by atoms with E-state index in [9.17, 15) is 4.79 Å². The van der Waals surface area contributed by atoms with Crippen molar-refractivity contribution in [3.63, 3.8) is 0 Å². The first kappa shape index (κ1) is 18.9. The number of carbonyl (C=O) groups excluding carboxylic acids is 1. The predicted molar refractivity (Wildman–Crippen MR) is 110 cm³/mol. The van der Waals surface area contributed by atoms with E-state index >= 15 is 0 Å². The number of pyridine rings is 1. The lowest BCUT2D eigenvalue weighted by molar-refractivity contribution is 0.0954. The van der Waals surface area contributed by atoms with Crippen LogP contribution >= 0.6 is 11.6 Å². The number of rotatable bonds is 7. The van der Waals surface area contributed by atoms with Crippen LogP contribution in [-0.4, -0.2) is 17.4 Å². The number of carbonyl (C=O) groups is 1. The lowest BCUT2D eigenvalue weighted by Gasteiger charge is -2.09. The highest BCUT2D eigenvalue weighted by molar-refractivity contribution is 6.30. The van der Waals surface area contributed by atoms with Gasteiger partial charge in [0.05, 0.1) is 11.3 Å². The molecule has 1 heterocycles. The zero-order valence-electron chi connectivity index (χ0n) is 15.2. The quantitative estimate of drug-likeness (QED) is 0.629. The number of halogens is 1. The molecule has 0 aliphatic heterocycles. The number of anilines is 1. The second-order valence-electron chi connectivity index (χ2n) is 6.43. The third kappa shape index (κ3) is 5.83. The second kappa shape index (κ2) is 9.19. The Morgan fingerprint density at radius 3 is 2.44 bits per heavy atom. The molecule has 1 aromatic heterocycles. The van der Waals surface area contributed by atoms with E-state index < -0.39 is 0 Å². The summed E-state index contributed by atoms with van der Waals surface area (Å²) in [4.78, 5) is 16.5. The molecular formula is C22H22ClN3O. The van der Waals surface area contributed by atoms with Crippen LogP contribution in [0, 0.1) is 6.92 Å². The van der Waals surface area contributed by atoms with Crippen LogP contribution < -0.4 is 10.6 Å². The van der Waals surface area contributed by atoms with Crippen molar-refractivity contribution in [2.75, 3.05) is 11.9 Å². The van der Waals surface area contributed by atoms with Gasteiger partial charge in [0, 0.05) is 30.5 Å². The molecule has 0 spiro atoms. The van der Waals surface area contributed by atoms with Crippen LogP contribution in [-0.2, 0) is 13.0 Å². The Balaban J connectivity index is 1.51. The van der Waals surface area contributed by atoms with Crippen LogP contribution in [0.5, 0.6) is 0 Å². The van der Waals surface area contributed by atoms with E-state index in [0.29, 0.717) is 23.7 Å². The minimum absolute atomic E-state index is 0.129. The van der Waals surface area contributed by atoms with Crippen molar-refractivity contribution in [2.45, 2.75) is 19.9 Å². The normalized spacial score (nSPS) is 10.4. The van der Waals surface area contributed by atoms with E-state index in [1.807, 2.05) is 30.3 Å². The first-order chi connectivity index (χ1) is 13.1. The lowest BCUT2D eigenvalue weighted by atomic mass is 10.1. The van der Waals surface area contributed by atoms with Gasteiger partial charge in [0.15, 0.2) is 0 Å². The molecule has 3 rings (SSSR count). The molecule has 0 radical (unpaired) electrons. The van der Waals surface area contributed by atoms with Crippen molar-refractivity contribution in [3.8, 4) is 0 Å². The molecule has 27 heavy (non-hydrogen) atoms. The Kier molecular flexibility index (Phi) is 6.44. The highest BCUT2D eigenvalue weighted by atomic mass is 35.5. The molecule has 0 fully saturated rings. The molecule has 2 aromatic carbocycles. The number of nitrogens with zero attached hydrogens (tertiary/aromatic N) is 1. The summed E-state index contributed by atoms with van der Waals surface area (Å²) in [5, 5.41) is 6.95. The summed E-state index contributed by atoms with van der Waals surface area (Å²) in [5.41, 5.74) is 4.91. The van der Waals surface area contributed by atoms with Crippen molar-refractivity contribution in [1.29, 1.82) is 0 Å². The van der Waals surface area contributed by atoms with E-state index in [4.69, 9.17) is 11.6 Å². The molecule has 4 nitrogen and oxygen atoms in total. The Labute approximate surface area is 164 Å². The molecule has 3 aromatic rings. The summed E-state index contributed by atoms with van der Waals surface area (Å²) in [6.07, 6.45) is 4.05. The van der Waals surface area contributed by atoms with Crippen LogP contribution in [0.2, 0.25) is 5.02 Å². The third-order valence-corrected chi connectivity index (χ3v) is 4.48. The van der Waals surface area contributed by atoms with Gasteiger partial charge in [-0.15, -0.1) is 0 Å². The van der Waals surface area contributed by atoms with Gasteiger partial charge in [-0.2, -0.15) is 0 Å². The number of aromatic nitrogens is 1. The smallest absolute Gasteiger partial charge is 0.252 e. The summed E-state index contributed by atoms with van der Waals surface area (Å²) < 4.78 is 0. The van der Waals surface area contributed by atoms with Gasteiger partial charge in [0.25, 0.3) is 5.91 Å². The molecule has 0 bridgehead atoms. The van der Waals surface area contributed by atoms with Crippen LogP contribution in [0.4, 0.5) is 5.69 Å². The number of nitrogens with one attached hydrogen (secondary N) is 2. The number of hydrogen-bond acceptors (Lipinski definition) is 3. The molecule has 0 saturated heterocycles. The molecule has 0 aliphatic carbocycles. The van der Waals surface area contributed by atoms with Gasteiger partial charge >= 0.3 is 0 Å². The average molecular weight is 380 g/mol. The number of aryl methyl sites for hydroxylation is 1. The summed E-state index contributed by atoms with van der Waals surface area (Å²) in [6.45, 7) is 3.31. The zero-order valence-corrected chi connectivity index (χ0v) is 16.0. The van der Waals surface area contributed by atoms with Gasteiger partial charge < -0.3 is 10.6 Å². The van der Waals surface area contributed by atoms with Crippen molar-refractivity contribution >= 4 is 23.2 Å². The third-order valence-electron chi connectivity index (χ3n) is 4.23. The van der Waals surface area contributed by atoms with Crippen LogP contribution in [0.15, 0.2) is 67.0 Å². The van der Waals surface area contributed by atoms with Gasteiger partial charge in [0.2, 0.25) is 0 Å². The maximum absolute atomic E-state index is 12.4. The van der Waals surface area contributed by atoms with Crippen LogP contribution in [0.3, 0.4) is 0 Å². The average Bonchev–Trinajstić information content (AvgIpc) is 2.69. The first-order valence-corrected chi connectivity index (χ1v) is 9.25. The van der Waals surface area contributed by atoms with Crippen molar-refractivity contribution in [2.24, 2.45) is 0 Å². The topological polar surface area (TPSA) is 54.0 Å². The van der Waals surface area contributed by atoms with Crippen molar-refractivity contribution in [3.05, 3.63) is 94.3 Å². The Hall–Kier alpha value is -2.85. The number of hydrogen-bond donors (Lipinski definition) is 2. The molecule has 1 amide bonds. The van der Waals surface area contributed by atoms with Gasteiger partial charge in [-0.1, -0.05) is 53.6 Å². The molecule has 5 heteroatoms. The van der Waals surface area contributed by atoms with E-state index in [0.717, 1.165) is 17.7 Å². The molecule has 0 atom stereocenters. The minimum Gasteiger partial charge on any atom is -0.380 e. The van der Waals surface area contributed by atoms with Gasteiger partial charge in [-0.25, -0.2) is 0 Å².